The van der Waals surface area contributed by atoms with Gasteiger partial charge in [-0.25, -0.2) is 0 Å². The summed E-state index contributed by atoms with van der Waals surface area (Å²) in [6.07, 6.45) is 6.53. The van der Waals surface area contributed by atoms with Crippen molar-refractivity contribution in [1.82, 2.24) is 4.90 Å². The van der Waals surface area contributed by atoms with Gasteiger partial charge in [-0.05, 0) is 86.7 Å². The standard InChI is InChI=1S/C32H39NO5/c1-29(27(35)20-6-9-22(36-2)10-7-20)18-30-12-13-32(29,37-3)28-31(30)14-15-33(17-19-4-5-19)24(30)16-21-8-11-23(34)26(38-28)25(21)31/h6-11,19,24,27-28,34-35H,4-5,12-18H2,1-3H3/t24-,27-,28-,29-,30-,31+,32+/m1/s1. The van der Waals surface area contributed by atoms with Gasteiger partial charge >= 0.3 is 0 Å². The minimum Gasteiger partial charge on any atom is -0.504 e. The van der Waals surface area contributed by atoms with Crippen LogP contribution in [0.25, 0.3) is 0 Å². The number of hydrogen-bond donors (Lipinski definition) is 2. The van der Waals surface area contributed by atoms with Gasteiger partial charge < -0.3 is 24.4 Å². The van der Waals surface area contributed by atoms with E-state index in [2.05, 4.69) is 17.9 Å². The van der Waals surface area contributed by atoms with Crippen molar-refractivity contribution in [2.45, 2.75) is 81.1 Å². The first-order valence-corrected chi connectivity index (χ1v) is 14.5. The van der Waals surface area contributed by atoms with Crippen molar-refractivity contribution in [1.29, 1.82) is 0 Å². The molecule has 2 spiro atoms. The lowest BCUT2D eigenvalue weighted by Crippen LogP contribution is -2.83. The predicted octanol–water partition coefficient (Wildman–Crippen LogP) is 4.75. The Labute approximate surface area is 224 Å². The normalized spacial score (nSPS) is 40.9. The van der Waals surface area contributed by atoms with Crippen LogP contribution in [-0.2, 0) is 16.6 Å². The number of methoxy groups -OCH3 is 2. The Morgan fingerprint density at radius 3 is 2.58 bits per heavy atom. The molecule has 2 aromatic carbocycles. The van der Waals surface area contributed by atoms with Crippen LogP contribution in [0.1, 0.15) is 68.2 Å². The molecule has 0 radical (unpaired) electrons. The molecule has 7 atom stereocenters. The Kier molecular flexibility index (Phi) is 4.64. The summed E-state index contributed by atoms with van der Waals surface area (Å²) >= 11 is 0. The van der Waals surface area contributed by atoms with Gasteiger partial charge in [0.1, 0.15) is 17.5 Å². The first-order valence-electron chi connectivity index (χ1n) is 14.5. The van der Waals surface area contributed by atoms with E-state index in [9.17, 15) is 10.2 Å². The monoisotopic (exact) mass is 517 g/mol. The zero-order chi connectivity index (χ0) is 26.1. The molecule has 0 aromatic heterocycles. The summed E-state index contributed by atoms with van der Waals surface area (Å²) in [6.45, 7) is 4.48. The summed E-state index contributed by atoms with van der Waals surface area (Å²) in [5, 5.41) is 23.3. The Balaban J connectivity index is 1.33. The highest BCUT2D eigenvalue weighted by atomic mass is 16.6. The van der Waals surface area contributed by atoms with Crippen LogP contribution in [0, 0.1) is 16.7 Å². The maximum Gasteiger partial charge on any atom is 0.165 e. The number of aliphatic hydroxyl groups excluding tert-OH is 1. The third-order valence-corrected chi connectivity index (χ3v) is 12.1. The minimum atomic E-state index is -0.720. The molecule has 7 aliphatic rings. The number of aliphatic hydroxyl groups is 1. The van der Waals surface area contributed by atoms with Gasteiger partial charge in [0.25, 0.3) is 0 Å². The van der Waals surface area contributed by atoms with Crippen LogP contribution in [0.3, 0.4) is 0 Å². The van der Waals surface area contributed by atoms with Crippen molar-refractivity contribution in [3.63, 3.8) is 0 Å². The molecule has 1 saturated heterocycles. The van der Waals surface area contributed by atoms with Gasteiger partial charge in [0, 0.05) is 41.5 Å². The first-order chi connectivity index (χ1) is 18.3. The van der Waals surface area contributed by atoms with Gasteiger partial charge in [-0.15, -0.1) is 0 Å². The Bertz CT molecular complexity index is 1310. The number of benzene rings is 2. The van der Waals surface area contributed by atoms with Gasteiger partial charge in [0.2, 0.25) is 0 Å². The number of piperidine rings is 1. The summed E-state index contributed by atoms with van der Waals surface area (Å²) in [7, 11) is 3.48. The fraction of sp³-hybridized carbons (Fsp3) is 0.625. The number of aromatic hydroxyl groups is 1. The van der Waals surface area contributed by atoms with Gasteiger partial charge in [-0.1, -0.05) is 25.1 Å². The average Bonchev–Trinajstić information content (AvgIpc) is 3.68. The fourth-order valence-corrected chi connectivity index (χ4v) is 10.4. The number of hydrogen-bond acceptors (Lipinski definition) is 6. The molecule has 2 heterocycles. The minimum absolute atomic E-state index is 0.0423. The van der Waals surface area contributed by atoms with Gasteiger partial charge in [0.05, 0.1) is 13.2 Å². The van der Waals surface area contributed by atoms with Gasteiger partial charge in [0.15, 0.2) is 11.5 Å². The summed E-state index contributed by atoms with van der Waals surface area (Å²) in [4.78, 5) is 2.80. The molecule has 9 rings (SSSR count). The fourth-order valence-electron chi connectivity index (χ4n) is 10.4. The zero-order valence-electron chi connectivity index (χ0n) is 22.7. The second-order valence-electron chi connectivity index (χ2n) is 13.3. The molecule has 5 fully saturated rings. The van der Waals surface area contributed by atoms with Crippen LogP contribution < -0.4 is 9.47 Å². The van der Waals surface area contributed by atoms with E-state index in [1.807, 2.05) is 37.4 Å². The SMILES string of the molecule is COc1ccc([C@@H](O)[C@@]2(C)C[C@@]34CC[C@]2(OC)[C@@H]2Oc5c(O)ccc6c5[C@@]23CCN(CC2CC2)[C@@H]4C6)cc1. The molecule has 2 aliphatic heterocycles. The molecule has 6 nitrogen and oxygen atoms in total. The lowest BCUT2D eigenvalue weighted by atomic mass is 9.31. The molecule has 2 aromatic rings. The van der Waals surface area contributed by atoms with E-state index < -0.39 is 17.1 Å². The third kappa shape index (κ3) is 2.52. The molecule has 0 amide bonds. The Hall–Kier alpha value is -2.28. The van der Waals surface area contributed by atoms with E-state index in [4.69, 9.17) is 14.2 Å². The van der Waals surface area contributed by atoms with E-state index in [0.717, 1.165) is 55.9 Å². The third-order valence-electron chi connectivity index (χ3n) is 12.1. The highest BCUT2D eigenvalue weighted by Crippen LogP contribution is 2.80. The molecule has 4 saturated carbocycles. The van der Waals surface area contributed by atoms with Crippen molar-refractivity contribution in [3.05, 3.63) is 53.1 Å². The molecule has 38 heavy (non-hydrogen) atoms. The van der Waals surface area contributed by atoms with Crippen molar-refractivity contribution in [2.75, 3.05) is 27.3 Å². The van der Waals surface area contributed by atoms with Crippen LogP contribution in [-0.4, -0.2) is 60.2 Å². The summed E-state index contributed by atoms with van der Waals surface area (Å²) in [6, 6.07) is 12.2. The topological polar surface area (TPSA) is 71.4 Å². The maximum atomic E-state index is 12.2. The number of phenolic OH excluding ortho intramolecular Hbond substituents is 1. The second kappa shape index (κ2) is 7.47. The van der Waals surface area contributed by atoms with E-state index in [0.29, 0.717) is 11.8 Å². The molecule has 4 bridgehead atoms. The first kappa shape index (κ1) is 23.6. The molecular weight excluding hydrogens is 478 g/mol. The number of rotatable bonds is 6. The van der Waals surface area contributed by atoms with Gasteiger partial charge in [-0.3, -0.25) is 4.90 Å². The number of phenols is 1. The van der Waals surface area contributed by atoms with Crippen LogP contribution in [0.5, 0.6) is 17.2 Å². The lowest BCUT2D eigenvalue weighted by Gasteiger charge is -2.76. The second-order valence-corrected chi connectivity index (χ2v) is 13.3. The quantitative estimate of drug-likeness (QED) is 0.576. The van der Waals surface area contributed by atoms with Gasteiger partial charge in [-0.2, -0.15) is 0 Å². The molecule has 0 unspecified atom stereocenters. The smallest absolute Gasteiger partial charge is 0.165 e. The van der Waals surface area contributed by atoms with Crippen LogP contribution >= 0.6 is 0 Å². The largest absolute Gasteiger partial charge is 0.504 e. The van der Waals surface area contributed by atoms with E-state index in [-0.39, 0.29) is 22.7 Å². The summed E-state index contributed by atoms with van der Waals surface area (Å²) in [5.41, 5.74) is 1.99. The molecule has 6 heteroatoms. The summed E-state index contributed by atoms with van der Waals surface area (Å²) in [5.74, 6) is 2.53. The Morgan fingerprint density at radius 1 is 1.08 bits per heavy atom. The van der Waals surface area contributed by atoms with Crippen LogP contribution in [0.15, 0.2) is 36.4 Å². The van der Waals surface area contributed by atoms with Crippen molar-refractivity contribution in [2.24, 2.45) is 16.7 Å². The number of ether oxygens (including phenoxy) is 3. The number of fused-ring (bicyclic) bond motifs is 2. The predicted molar refractivity (Wildman–Crippen MR) is 143 cm³/mol. The van der Waals surface area contributed by atoms with E-state index >= 15 is 0 Å². The van der Waals surface area contributed by atoms with Crippen molar-refractivity contribution >= 4 is 0 Å². The van der Waals surface area contributed by atoms with Crippen molar-refractivity contribution in [3.8, 4) is 17.2 Å². The Morgan fingerprint density at radius 2 is 1.87 bits per heavy atom. The molecular formula is C32H39NO5. The number of likely N-dealkylation sites (tertiary alicyclic amines) is 1. The zero-order valence-corrected chi connectivity index (χ0v) is 22.7. The number of nitrogens with zero attached hydrogens (tertiary/aromatic N) is 1. The molecule has 5 aliphatic carbocycles. The summed E-state index contributed by atoms with van der Waals surface area (Å²) < 4.78 is 19.0. The van der Waals surface area contributed by atoms with Crippen LogP contribution in [0.2, 0.25) is 0 Å². The highest BCUT2D eigenvalue weighted by Gasteiger charge is 2.84. The van der Waals surface area contributed by atoms with E-state index in [1.165, 1.54) is 30.5 Å². The molecule has 2 N–H and O–H groups in total. The average molecular weight is 518 g/mol. The van der Waals surface area contributed by atoms with Crippen molar-refractivity contribution < 1.29 is 24.4 Å². The van der Waals surface area contributed by atoms with Crippen LogP contribution in [0.4, 0.5) is 0 Å². The maximum absolute atomic E-state index is 12.2. The highest BCUT2D eigenvalue weighted by molar-refractivity contribution is 5.63. The lowest BCUT2D eigenvalue weighted by molar-refractivity contribution is -0.324. The van der Waals surface area contributed by atoms with E-state index in [1.54, 1.807) is 7.11 Å². The molecule has 202 valence electrons.